The van der Waals surface area contributed by atoms with Gasteiger partial charge in [0.1, 0.15) is 6.61 Å². The number of rotatable bonds is 10. The Morgan fingerprint density at radius 1 is 0.818 bits per heavy atom. The highest BCUT2D eigenvalue weighted by Crippen LogP contribution is 2.32. The van der Waals surface area contributed by atoms with Gasteiger partial charge in [0.05, 0.1) is 12.3 Å². The number of oxime groups is 1. The summed E-state index contributed by atoms with van der Waals surface area (Å²) in [6, 6.07) is 27.6. The Labute approximate surface area is 193 Å². The summed E-state index contributed by atoms with van der Waals surface area (Å²) in [5.41, 5.74) is 2.60. The molecule has 3 rings (SSSR count). The minimum absolute atomic E-state index is 0.0384. The van der Waals surface area contributed by atoms with Crippen LogP contribution in [0, 0.1) is 5.92 Å². The van der Waals surface area contributed by atoms with Gasteiger partial charge in [0.15, 0.2) is 5.92 Å². The quantitative estimate of drug-likeness (QED) is 0.157. The maximum atomic E-state index is 13.2. The van der Waals surface area contributed by atoms with E-state index in [0.717, 1.165) is 11.1 Å². The number of esters is 2. The number of carbonyl (C=O) groups is 2. The van der Waals surface area contributed by atoms with Crippen LogP contribution in [0.3, 0.4) is 0 Å². The molecule has 3 aromatic rings. The third-order valence-electron chi connectivity index (χ3n) is 5.29. The number of benzene rings is 3. The van der Waals surface area contributed by atoms with E-state index in [2.05, 4.69) is 5.16 Å². The molecule has 6 nitrogen and oxygen atoms in total. The lowest BCUT2D eigenvalue weighted by Gasteiger charge is -2.25. The molecule has 0 spiro atoms. The first-order valence-electron chi connectivity index (χ1n) is 10.8. The van der Waals surface area contributed by atoms with E-state index < -0.39 is 23.8 Å². The monoisotopic (exact) mass is 445 g/mol. The van der Waals surface area contributed by atoms with Crippen LogP contribution < -0.4 is 0 Å². The van der Waals surface area contributed by atoms with Crippen LogP contribution in [0.1, 0.15) is 36.0 Å². The second-order valence-electron chi connectivity index (χ2n) is 7.46. The fourth-order valence-corrected chi connectivity index (χ4v) is 3.66. The molecule has 1 N–H and O–H groups in total. The molecule has 0 amide bonds. The molecule has 0 bridgehead atoms. The van der Waals surface area contributed by atoms with E-state index >= 15 is 0 Å². The van der Waals surface area contributed by atoms with Crippen LogP contribution in [0.15, 0.2) is 96.2 Å². The Morgan fingerprint density at radius 3 is 1.94 bits per heavy atom. The van der Waals surface area contributed by atoms with Crippen molar-refractivity contribution < 1.29 is 24.3 Å². The van der Waals surface area contributed by atoms with E-state index in [1.807, 2.05) is 91.0 Å². The zero-order chi connectivity index (χ0) is 23.5. The van der Waals surface area contributed by atoms with Gasteiger partial charge in [-0.2, -0.15) is 0 Å². The first kappa shape index (κ1) is 23.7. The standard InChI is InChI=1S/C27H27NO5/c1-2-32-26(29)25(27(30)33-19-20-12-6-3-7-13-20)23(21-14-8-4-9-15-21)18-24(28-31)22-16-10-5-11-17-22/h3-17,23,25,31H,2,18-19H2,1H3/b28-24-. The molecular formula is C27H27NO5. The summed E-state index contributed by atoms with van der Waals surface area (Å²) in [6.45, 7) is 1.85. The van der Waals surface area contributed by atoms with Crippen molar-refractivity contribution in [3.8, 4) is 0 Å². The third-order valence-corrected chi connectivity index (χ3v) is 5.29. The second-order valence-corrected chi connectivity index (χ2v) is 7.46. The minimum Gasteiger partial charge on any atom is -0.465 e. The van der Waals surface area contributed by atoms with Crippen LogP contribution in [0.5, 0.6) is 0 Å². The Bertz CT molecular complexity index is 1050. The molecule has 2 unspecified atom stereocenters. The number of hydrogen-bond donors (Lipinski definition) is 1. The molecule has 0 saturated carbocycles. The van der Waals surface area contributed by atoms with Crippen molar-refractivity contribution in [3.63, 3.8) is 0 Å². The molecule has 0 radical (unpaired) electrons. The van der Waals surface area contributed by atoms with Gasteiger partial charge in [-0.15, -0.1) is 0 Å². The Hall–Kier alpha value is -3.93. The lowest BCUT2D eigenvalue weighted by Crippen LogP contribution is -2.34. The van der Waals surface area contributed by atoms with Crippen LogP contribution in [-0.4, -0.2) is 29.5 Å². The largest absolute Gasteiger partial charge is 0.465 e. The van der Waals surface area contributed by atoms with Gasteiger partial charge < -0.3 is 14.7 Å². The van der Waals surface area contributed by atoms with Gasteiger partial charge in [0, 0.05) is 12.3 Å². The van der Waals surface area contributed by atoms with Gasteiger partial charge in [-0.25, -0.2) is 0 Å². The first-order chi connectivity index (χ1) is 16.1. The highest BCUT2D eigenvalue weighted by molar-refractivity contribution is 6.02. The van der Waals surface area contributed by atoms with Crippen molar-refractivity contribution in [2.45, 2.75) is 25.9 Å². The molecule has 0 aliphatic rings. The third kappa shape index (κ3) is 6.53. The van der Waals surface area contributed by atoms with Crippen LogP contribution >= 0.6 is 0 Å². The van der Waals surface area contributed by atoms with Crippen LogP contribution in [-0.2, 0) is 25.7 Å². The lowest BCUT2D eigenvalue weighted by atomic mass is 9.81. The van der Waals surface area contributed by atoms with Crippen LogP contribution in [0.25, 0.3) is 0 Å². The topological polar surface area (TPSA) is 85.2 Å². The normalized spacial score (nSPS) is 13.1. The van der Waals surface area contributed by atoms with Crippen molar-refractivity contribution in [2.75, 3.05) is 6.61 Å². The number of nitrogens with zero attached hydrogens (tertiary/aromatic N) is 1. The van der Waals surface area contributed by atoms with Crippen molar-refractivity contribution >= 4 is 17.7 Å². The first-order valence-corrected chi connectivity index (χ1v) is 10.8. The zero-order valence-corrected chi connectivity index (χ0v) is 18.5. The summed E-state index contributed by atoms with van der Waals surface area (Å²) >= 11 is 0. The molecule has 0 aromatic heterocycles. The van der Waals surface area contributed by atoms with Crippen LogP contribution in [0.2, 0.25) is 0 Å². The highest BCUT2D eigenvalue weighted by Gasteiger charge is 2.39. The minimum atomic E-state index is -1.23. The molecular weight excluding hydrogens is 418 g/mol. The maximum absolute atomic E-state index is 13.2. The summed E-state index contributed by atoms with van der Waals surface area (Å²) < 4.78 is 10.8. The zero-order valence-electron chi connectivity index (χ0n) is 18.5. The fraction of sp³-hybridized carbons (Fsp3) is 0.222. The molecule has 2 atom stereocenters. The second kappa shape index (κ2) is 12.2. The summed E-state index contributed by atoms with van der Waals surface area (Å²) in [7, 11) is 0. The van der Waals surface area contributed by atoms with E-state index in [1.54, 1.807) is 6.92 Å². The van der Waals surface area contributed by atoms with Gasteiger partial charge >= 0.3 is 11.9 Å². The van der Waals surface area contributed by atoms with Gasteiger partial charge in [-0.05, 0) is 23.6 Å². The molecule has 3 aromatic carbocycles. The number of hydrogen-bond acceptors (Lipinski definition) is 6. The molecule has 6 heteroatoms. The molecule has 0 saturated heterocycles. The maximum Gasteiger partial charge on any atom is 0.321 e. The van der Waals surface area contributed by atoms with Crippen molar-refractivity contribution in [1.29, 1.82) is 0 Å². The SMILES string of the molecule is CCOC(=O)C(C(=O)OCc1ccccc1)C(C/C(=N/O)c1ccccc1)c1ccccc1. The van der Waals surface area contributed by atoms with Gasteiger partial charge in [-0.3, -0.25) is 9.59 Å². The molecule has 170 valence electrons. The fourth-order valence-electron chi connectivity index (χ4n) is 3.66. The summed E-state index contributed by atoms with van der Waals surface area (Å²) in [5, 5.41) is 13.2. The summed E-state index contributed by atoms with van der Waals surface area (Å²) in [5.74, 6) is -3.23. The van der Waals surface area contributed by atoms with E-state index in [1.165, 1.54) is 0 Å². The van der Waals surface area contributed by atoms with E-state index in [9.17, 15) is 14.8 Å². The average molecular weight is 446 g/mol. The summed E-state index contributed by atoms with van der Waals surface area (Å²) in [6.07, 6.45) is 0.133. The van der Waals surface area contributed by atoms with Crippen molar-refractivity contribution in [3.05, 3.63) is 108 Å². The van der Waals surface area contributed by atoms with E-state index in [0.29, 0.717) is 11.3 Å². The number of carbonyl (C=O) groups excluding carboxylic acids is 2. The Balaban J connectivity index is 1.94. The Morgan fingerprint density at radius 2 is 1.36 bits per heavy atom. The van der Waals surface area contributed by atoms with Gasteiger partial charge in [0.25, 0.3) is 0 Å². The average Bonchev–Trinajstić information content (AvgIpc) is 2.87. The van der Waals surface area contributed by atoms with Crippen molar-refractivity contribution in [1.82, 2.24) is 0 Å². The molecule has 0 fully saturated rings. The number of ether oxygens (including phenoxy) is 2. The predicted octanol–water partition coefficient (Wildman–Crippen LogP) is 4.96. The molecule has 33 heavy (non-hydrogen) atoms. The van der Waals surface area contributed by atoms with Gasteiger partial charge in [0.2, 0.25) is 0 Å². The Kier molecular flexibility index (Phi) is 8.77. The molecule has 0 heterocycles. The summed E-state index contributed by atoms with van der Waals surface area (Å²) in [4.78, 5) is 26.2. The molecule has 0 aliphatic carbocycles. The van der Waals surface area contributed by atoms with E-state index in [-0.39, 0.29) is 19.6 Å². The van der Waals surface area contributed by atoms with E-state index in [4.69, 9.17) is 9.47 Å². The highest BCUT2D eigenvalue weighted by atomic mass is 16.6. The smallest absolute Gasteiger partial charge is 0.321 e. The molecule has 0 aliphatic heterocycles. The van der Waals surface area contributed by atoms with Crippen molar-refractivity contribution in [2.24, 2.45) is 11.1 Å². The lowest BCUT2D eigenvalue weighted by molar-refractivity contribution is -0.163. The van der Waals surface area contributed by atoms with Crippen LogP contribution in [0.4, 0.5) is 0 Å². The predicted molar refractivity (Wildman–Crippen MR) is 125 cm³/mol. The van der Waals surface area contributed by atoms with Gasteiger partial charge in [-0.1, -0.05) is 96.2 Å².